The van der Waals surface area contributed by atoms with Crippen LogP contribution in [0.25, 0.3) is 0 Å². The van der Waals surface area contributed by atoms with Crippen LogP contribution in [0.3, 0.4) is 0 Å². The van der Waals surface area contributed by atoms with Crippen LogP contribution in [0.5, 0.6) is 0 Å². The third kappa shape index (κ3) is 2.87. The van der Waals surface area contributed by atoms with Gasteiger partial charge < -0.3 is 15.3 Å². The number of carboxylic acid groups (broad SMARTS) is 1. The Bertz CT molecular complexity index is 274. The van der Waals surface area contributed by atoms with Gasteiger partial charge in [-0.15, -0.1) is 0 Å². The van der Waals surface area contributed by atoms with Gasteiger partial charge in [0, 0.05) is 13.1 Å². The lowest BCUT2D eigenvalue weighted by atomic mass is 9.96. The highest BCUT2D eigenvalue weighted by Crippen LogP contribution is 2.15. The monoisotopic (exact) mass is 228 g/mol. The Morgan fingerprint density at radius 2 is 1.94 bits per heavy atom. The van der Waals surface area contributed by atoms with Crippen molar-refractivity contribution in [2.75, 3.05) is 13.1 Å². The molecule has 0 aromatic heterocycles. The molecular formula is C11H20N2O3. The van der Waals surface area contributed by atoms with E-state index in [4.69, 9.17) is 5.11 Å². The number of hydrogen-bond acceptors (Lipinski definition) is 2. The van der Waals surface area contributed by atoms with Crippen molar-refractivity contribution in [1.82, 2.24) is 10.2 Å². The molecule has 1 unspecified atom stereocenters. The summed E-state index contributed by atoms with van der Waals surface area (Å²) >= 11 is 0. The zero-order chi connectivity index (χ0) is 12.2. The number of carbonyl (C=O) groups excluding carboxylic acids is 1. The number of nitrogens with one attached hydrogen (secondary N) is 1. The van der Waals surface area contributed by atoms with Crippen LogP contribution in [0.15, 0.2) is 0 Å². The summed E-state index contributed by atoms with van der Waals surface area (Å²) in [5.41, 5.74) is -1.14. The van der Waals surface area contributed by atoms with Crippen molar-refractivity contribution in [3.8, 4) is 0 Å². The molecular weight excluding hydrogens is 208 g/mol. The number of urea groups is 1. The highest BCUT2D eigenvalue weighted by molar-refractivity contribution is 5.85. The van der Waals surface area contributed by atoms with Crippen molar-refractivity contribution in [1.29, 1.82) is 0 Å². The normalized spacial score (nSPS) is 19.2. The Kier molecular flexibility index (Phi) is 4.15. The maximum absolute atomic E-state index is 11.8. The van der Waals surface area contributed by atoms with Crippen molar-refractivity contribution in [3.63, 3.8) is 0 Å². The van der Waals surface area contributed by atoms with Gasteiger partial charge in [-0.3, -0.25) is 0 Å². The lowest BCUT2D eigenvalue weighted by molar-refractivity contribution is -0.144. The molecule has 1 heterocycles. The fourth-order valence-corrected chi connectivity index (χ4v) is 1.96. The van der Waals surface area contributed by atoms with E-state index in [0.717, 1.165) is 32.4 Å². The minimum Gasteiger partial charge on any atom is -0.480 e. The molecule has 1 aliphatic heterocycles. The van der Waals surface area contributed by atoms with E-state index in [-0.39, 0.29) is 6.03 Å². The Morgan fingerprint density at radius 3 is 2.38 bits per heavy atom. The smallest absolute Gasteiger partial charge is 0.329 e. The number of carboxylic acids is 1. The molecule has 16 heavy (non-hydrogen) atoms. The number of nitrogens with zero attached hydrogens (tertiary/aromatic N) is 1. The molecule has 0 radical (unpaired) electrons. The van der Waals surface area contributed by atoms with Crippen molar-refractivity contribution >= 4 is 12.0 Å². The van der Waals surface area contributed by atoms with Crippen molar-refractivity contribution in [2.24, 2.45) is 0 Å². The number of rotatable bonds is 4. The van der Waals surface area contributed by atoms with Gasteiger partial charge in [-0.25, -0.2) is 9.59 Å². The van der Waals surface area contributed by atoms with E-state index in [1.807, 2.05) is 6.92 Å². The van der Waals surface area contributed by atoms with Crippen molar-refractivity contribution < 1.29 is 14.7 Å². The minimum atomic E-state index is -1.14. The van der Waals surface area contributed by atoms with Gasteiger partial charge in [0.25, 0.3) is 0 Å². The van der Waals surface area contributed by atoms with Gasteiger partial charge in [0.2, 0.25) is 0 Å². The van der Waals surface area contributed by atoms with Gasteiger partial charge in [0.05, 0.1) is 0 Å². The lowest BCUT2D eigenvalue weighted by Crippen LogP contribution is -2.55. The van der Waals surface area contributed by atoms with Crippen molar-refractivity contribution in [3.05, 3.63) is 0 Å². The molecule has 0 spiro atoms. The molecule has 1 saturated heterocycles. The zero-order valence-electron chi connectivity index (χ0n) is 9.95. The van der Waals surface area contributed by atoms with Gasteiger partial charge in [0.15, 0.2) is 0 Å². The van der Waals surface area contributed by atoms with Crippen LogP contribution in [0, 0.1) is 0 Å². The first kappa shape index (κ1) is 12.8. The molecule has 5 heteroatoms. The summed E-state index contributed by atoms with van der Waals surface area (Å²) in [6.45, 7) is 4.93. The average molecular weight is 228 g/mol. The second kappa shape index (κ2) is 5.18. The predicted molar refractivity (Wildman–Crippen MR) is 60.3 cm³/mol. The largest absolute Gasteiger partial charge is 0.480 e. The highest BCUT2D eigenvalue weighted by Gasteiger charge is 2.35. The quantitative estimate of drug-likeness (QED) is 0.764. The number of likely N-dealkylation sites (tertiary alicyclic amines) is 1. The summed E-state index contributed by atoms with van der Waals surface area (Å²) < 4.78 is 0. The van der Waals surface area contributed by atoms with Crippen LogP contribution in [-0.4, -0.2) is 40.6 Å². The van der Waals surface area contributed by atoms with E-state index >= 15 is 0 Å². The number of hydrogen-bond donors (Lipinski definition) is 2. The average Bonchev–Trinajstić information content (AvgIpc) is 2.70. The van der Waals surface area contributed by atoms with E-state index in [9.17, 15) is 9.59 Å². The molecule has 2 N–H and O–H groups in total. The SMILES string of the molecule is CCCC(C)(NC(=O)N1CCCC1)C(=O)O. The lowest BCUT2D eigenvalue weighted by Gasteiger charge is -2.28. The summed E-state index contributed by atoms with van der Waals surface area (Å²) in [4.78, 5) is 24.6. The van der Waals surface area contributed by atoms with Crippen LogP contribution in [0.2, 0.25) is 0 Å². The summed E-state index contributed by atoms with van der Waals surface area (Å²) in [6, 6.07) is -0.254. The van der Waals surface area contributed by atoms with Gasteiger partial charge >= 0.3 is 12.0 Å². The molecule has 0 bridgehead atoms. The molecule has 1 aliphatic rings. The van der Waals surface area contributed by atoms with Crippen LogP contribution in [0.1, 0.15) is 39.5 Å². The summed E-state index contributed by atoms with van der Waals surface area (Å²) in [5.74, 6) is -0.970. The summed E-state index contributed by atoms with van der Waals surface area (Å²) in [7, 11) is 0. The van der Waals surface area contributed by atoms with Gasteiger partial charge in [-0.2, -0.15) is 0 Å². The number of aliphatic carboxylic acids is 1. The Hall–Kier alpha value is -1.26. The highest BCUT2D eigenvalue weighted by atomic mass is 16.4. The molecule has 0 aromatic carbocycles. The second-order valence-electron chi connectivity index (χ2n) is 4.51. The maximum Gasteiger partial charge on any atom is 0.329 e. The van der Waals surface area contributed by atoms with E-state index in [2.05, 4.69) is 5.32 Å². The molecule has 1 rings (SSSR count). The first-order valence-electron chi connectivity index (χ1n) is 5.80. The number of carbonyl (C=O) groups is 2. The second-order valence-corrected chi connectivity index (χ2v) is 4.51. The molecule has 0 aromatic rings. The van der Waals surface area contributed by atoms with E-state index in [0.29, 0.717) is 6.42 Å². The third-order valence-electron chi connectivity index (χ3n) is 3.00. The van der Waals surface area contributed by atoms with Crippen LogP contribution in [-0.2, 0) is 4.79 Å². The van der Waals surface area contributed by atoms with Crippen LogP contribution in [0.4, 0.5) is 4.79 Å². The van der Waals surface area contributed by atoms with E-state index in [1.165, 1.54) is 0 Å². The summed E-state index contributed by atoms with van der Waals surface area (Å²) in [5, 5.41) is 11.7. The summed E-state index contributed by atoms with van der Waals surface area (Å²) in [6.07, 6.45) is 3.18. The molecule has 92 valence electrons. The maximum atomic E-state index is 11.8. The van der Waals surface area contributed by atoms with E-state index in [1.54, 1.807) is 11.8 Å². The van der Waals surface area contributed by atoms with Gasteiger partial charge in [0.1, 0.15) is 5.54 Å². The van der Waals surface area contributed by atoms with E-state index < -0.39 is 11.5 Å². The van der Waals surface area contributed by atoms with Crippen molar-refractivity contribution in [2.45, 2.75) is 45.1 Å². The topological polar surface area (TPSA) is 69.6 Å². The Balaban J connectivity index is 2.60. The molecule has 0 aliphatic carbocycles. The minimum absolute atomic E-state index is 0.254. The number of amides is 2. The third-order valence-corrected chi connectivity index (χ3v) is 3.00. The van der Waals surface area contributed by atoms with Gasteiger partial charge in [-0.1, -0.05) is 13.3 Å². The predicted octanol–water partition coefficient (Wildman–Crippen LogP) is 1.44. The van der Waals surface area contributed by atoms with Gasteiger partial charge in [-0.05, 0) is 26.2 Å². The Morgan fingerprint density at radius 1 is 1.38 bits per heavy atom. The fraction of sp³-hybridized carbons (Fsp3) is 0.818. The first-order valence-corrected chi connectivity index (χ1v) is 5.80. The Labute approximate surface area is 95.8 Å². The molecule has 1 fully saturated rings. The molecule has 5 nitrogen and oxygen atoms in total. The molecule has 2 amide bonds. The zero-order valence-corrected chi connectivity index (χ0v) is 9.95. The molecule has 1 atom stereocenters. The van der Waals surface area contributed by atoms with Crippen LogP contribution < -0.4 is 5.32 Å². The molecule has 0 saturated carbocycles. The first-order chi connectivity index (χ1) is 7.49. The van der Waals surface area contributed by atoms with Crippen LogP contribution >= 0.6 is 0 Å². The standard InChI is InChI=1S/C11H20N2O3/c1-3-6-11(2,9(14)15)12-10(16)13-7-4-5-8-13/h3-8H2,1-2H3,(H,12,16)(H,14,15). The fourth-order valence-electron chi connectivity index (χ4n) is 1.96.